The van der Waals surface area contributed by atoms with Gasteiger partial charge in [0.1, 0.15) is 6.54 Å². The molecule has 1 aromatic heterocycles. The lowest BCUT2D eigenvalue weighted by atomic mass is 9.95. The maximum Gasteiger partial charge on any atom is 0.255 e. The summed E-state index contributed by atoms with van der Waals surface area (Å²) in [6, 6.07) is 15.8. The summed E-state index contributed by atoms with van der Waals surface area (Å²) in [5.74, 6) is -0.141. The van der Waals surface area contributed by atoms with Gasteiger partial charge in [-0.3, -0.25) is 9.59 Å². The maximum absolute atomic E-state index is 13.2. The van der Waals surface area contributed by atoms with Crippen LogP contribution < -0.4 is 5.32 Å². The van der Waals surface area contributed by atoms with Gasteiger partial charge in [-0.2, -0.15) is 0 Å². The predicted molar refractivity (Wildman–Crippen MR) is 113 cm³/mol. The molecule has 5 heteroatoms. The van der Waals surface area contributed by atoms with Gasteiger partial charge in [0.25, 0.3) is 5.91 Å². The molecule has 1 atom stereocenters. The summed E-state index contributed by atoms with van der Waals surface area (Å²) in [5, 5.41) is 4.24. The highest BCUT2D eigenvalue weighted by Crippen LogP contribution is 2.40. The van der Waals surface area contributed by atoms with Crippen molar-refractivity contribution in [2.24, 2.45) is 0 Å². The van der Waals surface area contributed by atoms with Crippen LogP contribution in [-0.2, 0) is 4.79 Å². The zero-order valence-electron chi connectivity index (χ0n) is 16.4. The number of rotatable bonds is 4. The monoisotopic (exact) mass is 387 g/mol. The topological polar surface area (TPSA) is 65.2 Å². The van der Waals surface area contributed by atoms with Crippen molar-refractivity contribution in [2.75, 3.05) is 6.54 Å². The molecule has 2 amide bonds. The molecule has 1 aliphatic heterocycles. The van der Waals surface area contributed by atoms with Gasteiger partial charge < -0.3 is 15.2 Å². The third kappa shape index (κ3) is 3.20. The molecule has 3 aromatic rings. The summed E-state index contributed by atoms with van der Waals surface area (Å²) in [5.41, 5.74) is 3.72. The van der Waals surface area contributed by atoms with Gasteiger partial charge in [0.2, 0.25) is 5.91 Å². The highest BCUT2D eigenvalue weighted by molar-refractivity contribution is 6.02. The highest BCUT2D eigenvalue weighted by atomic mass is 16.2. The lowest BCUT2D eigenvalue weighted by Gasteiger charge is -2.27. The second-order valence-electron chi connectivity index (χ2n) is 8.11. The molecule has 0 spiro atoms. The zero-order valence-corrected chi connectivity index (χ0v) is 16.4. The van der Waals surface area contributed by atoms with Gasteiger partial charge in [-0.15, -0.1) is 0 Å². The third-order valence-electron chi connectivity index (χ3n) is 6.26. The Bertz CT molecular complexity index is 1060. The number of hydrogen-bond acceptors (Lipinski definition) is 2. The van der Waals surface area contributed by atoms with Crippen LogP contribution in [0.1, 0.15) is 59.6 Å². The molecular formula is C24H25N3O2. The number of benzene rings is 2. The first kappa shape index (κ1) is 18.0. The molecular weight excluding hydrogens is 362 g/mol. The number of amides is 2. The van der Waals surface area contributed by atoms with E-state index in [4.69, 9.17) is 0 Å². The summed E-state index contributed by atoms with van der Waals surface area (Å²) in [7, 11) is 0. The molecule has 0 unspecified atom stereocenters. The van der Waals surface area contributed by atoms with Crippen molar-refractivity contribution in [3.63, 3.8) is 0 Å². The van der Waals surface area contributed by atoms with Crippen LogP contribution >= 0.6 is 0 Å². The number of nitrogens with zero attached hydrogens (tertiary/aromatic N) is 1. The molecule has 0 bridgehead atoms. The Hall–Kier alpha value is -3.08. The van der Waals surface area contributed by atoms with Gasteiger partial charge in [-0.1, -0.05) is 55.7 Å². The Morgan fingerprint density at radius 2 is 1.76 bits per heavy atom. The van der Waals surface area contributed by atoms with Crippen molar-refractivity contribution in [1.82, 2.24) is 15.2 Å². The van der Waals surface area contributed by atoms with E-state index in [0.29, 0.717) is 5.56 Å². The quantitative estimate of drug-likeness (QED) is 0.706. The smallest absolute Gasteiger partial charge is 0.255 e. The first-order valence-corrected chi connectivity index (χ1v) is 10.5. The molecule has 1 fully saturated rings. The first-order chi connectivity index (χ1) is 14.2. The fraction of sp³-hybridized carbons (Fsp3) is 0.333. The van der Waals surface area contributed by atoms with Gasteiger partial charge in [-0.25, -0.2) is 0 Å². The molecule has 2 N–H and O–H groups in total. The van der Waals surface area contributed by atoms with E-state index in [1.54, 1.807) is 4.90 Å². The van der Waals surface area contributed by atoms with Crippen LogP contribution in [0, 0.1) is 0 Å². The molecule has 1 aliphatic carbocycles. The molecule has 0 radical (unpaired) electrons. The number of H-pyrrole nitrogens is 1. The Morgan fingerprint density at radius 1 is 1.00 bits per heavy atom. The SMILES string of the molecule is O=C(CN1C(=O)c2ccccc2[C@@H]1c1c[nH]c2ccccc12)NC1CCCCC1. The number of fused-ring (bicyclic) bond motifs is 2. The molecule has 148 valence electrons. The molecule has 5 rings (SSSR count). The Balaban J connectivity index is 1.48. The highest BCUT2D eigenvalue weighted by Gasteiger charge is 2.39. The minimum Gasteiger partial charge on any atom is -0.361 e. The van der Waals surface area contributed by atoms with Crippen molar-refractivity contribution >= 4 is 22.7 Å². The Labute approximate surface area is 170 Å². The molecule has 0 saturated heterocycles. The largest absolute Gasteiger partial charge is 0.361 e. The van der Waals surface area contributed by atoms with E-state index in [1.165, 1.54) is 6.42 Å². The maximum atomic E-state index is 13.2. The van der Waals surface area contributed by atoms with Crippen LogP contribution in [0.3, 0.4) is 0 Å². The summed E-state index contributed by atoms with van der Waals surface area (Å²) >= 11 is 0. The van der Waals surface area contributed by atoms with Crippen molar-refractivity contribution in [1.29, 1.82) is 0 Å². The summed E-state index contributed by atoms with van der Waals surface area (Å²) in [6.45, 7) is 0.0776. The average Bonchev–Trinajstić information content (AvgIpc) is 3.28. The summed E-state index contributed by atoms with van der Waals surface area (Å²) in [6.07, 6.45) is 7.61. The second kappa shape index (κ2) is 7.39. The number of hydrogen-bond donors (Lipinski definition) is 2. The van der Waals surface area contributed by atoms with Crippen molar-refractivity contribution in [2.45, 2.75) is 44.2 Å². The van der Waals surface area contributed by atoms with Crippen LogP contribution in [-0.4, -0.2) is 34.3 Å². The lowest BCUT2D eigenvalue weighted by molar-refractivity contribution is -0.122. The van der Waals surface area contributed by atoms with E-state index in [1.807, 2.05) is 48.7 Å². The molecule has 5 nitrogen and oxygen atoms in total. The second-order valence-corrected chi connectivity index (χ2v) is 8.11. The standard InChI is InChI=1S/C24H25N3O2/c28-22(26-16-8-2-1-3-9-16)15-27-23(18-11-4-5-12-19(18)24(27)29)20-14-25-21-13-7-6-10-17(20)21/h4-7,10-14,16,23,25H,1-3,8-9,15H2,(H,26,28)/t23-/m1/s1. The molecule has 2 aliphatic rings. The summed E-state index contributed by atoms with van der Waals surface area (Å²) < 4.78 is 0. The Morgan fingerprint density at radius 3 is 2.62 bits per heavy atom. The van der Waals surface area contributed by atoms with Crippen LogP contribution in [0.15, 0.2) is 54.7 Å². The van der Waals surface area contributed by atoms with E-state index >= 15 is 0 Å². The number of aromatic nitrogens is 1. The van der Waals surface area contributed by atoms with Crippen molar-refractivity contribution < 1.29 is 9.59 Å². The first-order valence-electron chi connectivity index (χ1n) is 10.5. The molecule has 2 heterocycles. The van der Waals surface area contributed by atoms with Gasteiger partial charge in [-0.05, 0) is 30.5 Å². The zero-order chi connectivity index (χ0) is 19.8. The fourth-order valence-electron chi connectivity index (χ4n) is 4.86. The minimum absolute atomic E-state index is 0.0668. The van der Waals surface area contributed by atoms with Gasteiger partial charge in [0, 0.05) is 34.3 Å². The van der Waals surface area contributed by atoms with Crippen LogP contribution in [0.25, 0.3) is 10.9 Å². The predicted octanol–water partition coefficient (Wildman–Crippen LogP) is 4.16. The normalized spacial score (nSPS) is 19.5. The van der Waals surface area contributed by atoms with E-state index in [-0.39, 0.29) is 30.4 Å². The number of nitrogens with one attached hydrogen (secondary N) is 2. The number of carbonyl (C=O) groups excluding carboxylic acids is 2. The van der Waals surface area contributed by atoms with E-state index in [0.717, 1.165) is 47.7 Å². The van der Waals surface area contributed by atoms with Crippen LogP contribution in [0.5, 0.6) is 0 Å². The van der Waals surface area contributed by atoms with E-state index < -0.39 is 0 Å². The number of aromatic amines is 1. The number of para-hydroxylation sites is 1. The van der Waals surface area contributed by atoms with Gasteiger partial charge in [0.15, 0.2) is 0 Å². The van der Waals surface area contributed by atoms with Gasteiger partial charge in [0.05, 0.1) is 6.04 Å². The van der Waals surface area contributed by atoms with Crippen molar-refractivity contribution in [3.05, 3.63) is 71.4 Å². The molecule has 1 saturated carbocycles. The molecule has 2 aromatic carbocycles. The fourth-order valence-corrected chi connectivity index (χ4v) is 4.86. The van der Waals surface area contributed by atoms with Crippen LogP contribution in [0.4, 0.5) is 0 Å². The average molecular weight is 387 g/mol. The lowest BCUT2D eigenvalue weighted by Crippen LogP contribution is -2.44. The third-order valence-corrected chi connectivity index (χ3v) is 6.26. The summed E-state index contributed by atoms with van der Waals surface area (Å²) in [4.78, 5) is 31.1. The van der Waals surface area contributed by atoms with Crippen LogP contribution in [0.2, 0.25) is 0 Å². The molecule has 29 heavy (non-hydrogen) atoms. The van der Waals surface area contributed by atoms with E-state index in [9.17, 15) is 9.59 Å². The minimum atomic E-state index is -0.257. The van der Waals surface area contributed by atoms with E-state index in [2.05, 4.69) is 16.4 Å². The number of carbonyl (C=O) groups is 2. The van der Waals surface area contributed by atoms with Gasteiger partial charge >= 0.3 is 0 Å². The van der Waals surface area contributed by atoms with Crippen molar-refractivity contribution in [3.8, 4) is 0 Å². The Kier molecular flexibility index (Phi) is 4.58.